The topological polar surface area (TPSA) is 81.9 Å². The van der Waals surface area contributed by atoms with Crippen LogP contribution in [0.5, 0.6) is 0 Å². The minimum Gasteiger partial charge on any atom is -0.363 e. The molecule has 2 heterocycles. The van der Waals surface area contributed by atoms with E-state index in [2.05, 4.69) is 15.3 Å². The second-order valence-electron chi connectivity index (χ2n) is 4.14. The quantitative estimate of drug-likeness (QED) is 0.843. The molecule has 100 valence electrons. The Labute approximate surface area is 114 Å². The number of nitriles is 1. The van der Waals surface area contributed by atoms with E-state index in [1.54, 1.807) is 4.90 Å². The Hall–Kier alpha value is -1.94. The van der Waals surface area contributed by atoms with Gasteiger partial charge in [-0.3, -0.25) is 4.79 Å². The molecular weight excluding hydrogens is 273 g/mol. The zero-order valence-electron chi connectivity index (χ0n) is 9.94. The highest BCUT2D eigenvalue weighted by Crippen LogP contribution is 2.18. The first-order chi connectivity index (χ1) is 9.10. The summed E-state index contributed by atoms with van der Waals surface area (Å²) >= 11 is 5.59. The van der Waals surface area contributed by atoms with Crippen LogP contribution in [0, 0.1) is 17.1 Å². The molecule has 1 amide bonds. The van der Waals surface area contributed by atoms with Gasteiger partial charge in [-0.25, -0.2) is 9.37 Å². The van der Waals surface area contributed by atoms with Crippen LogP contribution in [-0.4, -0.2) is 39.9 Å². The second kappa shape index (κ2) is 5.80. The van der Waals surface area contributed by atoms with Crippen molar-refractivity contribution in [2.75, 3.05) is 18.4 Å². The molecule has 1 aliphatic rings. The zero-order chi connectivity index (χ0) is 13.8. The van der Waals surface area contributed by atoms with Crippen LogP contribution in [0.3, 0.4) is 0 Å². The highest BCUT2D eigenvalue weighted by atomic mass is 35.5. The predicted octanol–water partition coefficient (Wildman–Crippen LogP) is 1.20. The van der Waals surface area contributed by atoms with Gasteiger partial charge in [0, 0.05) is 19.1 Å². The summed E-state index contributed by atoms with van der Waals surface area (Å²) in [5, 5.41) is 11.3. The van der Waals surface area contributed by atoms with Crippen molar-refractivity contribution in [2.45, 2.75) is 18.9 Å². The first-order valence-electron chi connectivity index (χ1n) is 5.69. The number of likely N-dealkylation sites (tertiary alicyclic amines) is 1. The van der Waals surface area contributed by atoms with Crippen molar-refractivity contribution < 1.29 is 9.18 Å². The third kappa shape index (κ3) is 3.29. The van der Waals surface area contributed by atoms with Crippen molar-refractivity contribution in [1.29, 1.82) is 5.26 Å². The van der Waals surface area contributed by atoms with Gasteiger partial charge < -0.3 is 10.2 Å². The minimum absolute atomic E-state index is 0.0274. The summed E-state index contributed by atoms with van der Waals surface area (Å²) in [6, 6.07) is 1.71. The Bertz CT molecular complexity index is 532. The van der Waals surface area contributed by atoms with Crippen LogP contribution >= 0.6 is 11.6 Å². The van der Waals surface area contributed by atoms with Crippen LogP contribution in [0.15, 0.2) is 6.20 Å². The summed E-state index contributed by atoms with van der Waals surface area (Å²) in [6.45, 7) is 0.959. The van der Waals surface area contributed by atoms with Crippen LogP contribution in [0.1, 0.15) is 12.8 Å². The van der Waals surface area contributed by atoms with Gasteiger partial charge in [0.05, 0.1) is 12.3 Å². The monoisotopic (exact) mass is 283 g/mol. The van der Waals surface area contributed by atoms with Gasteiger partial charge in [0.25, 0.3) is 0 Å². The lowest BCUT2D eigenvalue weighted by Gasteiger charge is -2.16. The lowest BCUT2D eigenvalue weighted by atomic mass is 10.2. The predicted molar refractivity (Wildman–Crippen MR) is 65.8 cm³/mol. The molecule has 8 heteroatoms. The summed E-state index contributed by atoms with van der Waals surface area (Å²) in [7, 11) is 0. The van der Waals surface area contributed by atoms with E-state index in [-0.39, 0.29) is 29.5 Å². The van der Waals surface area contributed by atoms with Gasteiger partial charge in [0.2, 0.25) is 11.2 Å². The summed E-state index contributed by atoms with van der Waals surface area (Å²) in [6.07, 6.45) is 1.52. The normalized spacial score (nSPS) is 18.2. The molecule has 0 radical (unpaired) electrons. The number of nitrogens with zero attached hydrogens (tertiary/aromatic N) is 4. The number of rotatable bonds is 3. The van der Waals surface area contributed by atoms with Crippen molar-refractivity contribution in [3.63, 3.8) is 0 Å². The van der Waals surface area contributed by atoms with Gasteiger partial charge in [-0.05, 0) is 18.0 Å². The highest BCUT2D eigenvalue weighted by Gasteiger charge is 2.26. The molecule has 2 rings (SSSR count). The number of carbonyl (C=O) groups excluding carboxylic acids is 1. The Kier molecular flexibility index (Phi) is 4.12. The third-order valence-corrected chi connectivity index (χ3v) is 3.01. The van der Waals surface area contributed by atoms with Crippen molar-refractivity contribution in [3.05, 3.63) is 17.3 Å². The van der Waals surface area contributed by atoms with E-state index < -0.39 is 5.82 Å². The fourth-order valence-corrected chi connectivity index (χ4v) is 2.06. The second-order valence-corrected chi connectivity index (χ2v) is 4.48. The first-order valence-corrected chi connectivity index (χ1v) is 6.07. The van der Waals surface area contributed by atoms with E-state index in [1.807, 2.05) is 6.07 Å². The molecular formula is C11H11ClFN5O. The Morgan fingerprint density at radius 1 is 1.74 bits per heavy atom. The fraction of sp³-hybridized carbons (Fsp3) is 0.455. The molecule has 1 aliphatic heterocycles. The Morgan fingerprint density at radius 3 is 3.26 bits per heavy atom. The largest absolute Gasteiger partial charge is 0.363 e. The van der Waals surface area contributed by atoms with E-state index in [0.29, 0.717) is 19.5 Å². The maximum atomic E-state index is 13.4. The molecule has 1 N–H and O–H groups in total. The molecule has 0 unspecified atom stereocenters. The average molecular weight is 284 g/mol. The number of amides is 1. The lowest BCUT2D eigenvalue weighted by Crippen LogP contribution is -2.31. The van der Waals surface area contributed by atoms with Gasteiger partial charge in [-0.15, -0.1) is 0 Å². The number of hydrogen-bond acceptors (Lipinski definition) is 5. The standard InChI is InChI=1S/C11H11ClFN5O/c12-11-15-5-8(13)10(17-11)16-7-2-4-18(6-7)9(19)1-3-14/h5,7H,1-2,4,6H2,(H,15,16,17)/t7-/m1/s1. The maximum absolute atomic E-state index is 13.4. The van der Waals surface area contributed by atoms with Gasteiger partial charge in [-0.2, -0.15) is 10.2 Å². The molecule has 19 heavy (non-hydrogen) atoms. The number of anilines is 1. The maximum Gasteiger partial charge on any atom is 0.236 e. The van der Waals surface area contributed by atoms with Crippen molar-refractivity contribution >= 4 is 23.3 Å². The van der Waals surface area contributed by atoms with Gasteiger partial charge >= 0.3 is 0 Å². The van der Waals surface area contributed by atoms with Gasteiger partial charge in [-0.1, -0.05) is 0 Å². The summed E-state index contributed by atoms with van der Waals surface area (Å²) in [5.74, 6) is -0.779. The first kappa shape index (κ1) is 13.5. The van der Waals surface area contributed by atoms with Gasteiger partial charge in [0.15, 0.2) is 11.6 Å². The van der Waals surface area contributed by atoms with Crippen LogP contribution in [0.2, 0.25) is 5.28 Å². The molecule has 1 aromatic rings. The third-order valence-electron chi connectivity index (χ3n) is 2.83. The van der Waals surface area contributed by atoms with E-state index in [0.717, 1.165) is 6.20 Å². The number of halogens is 2. The molecule has 0 saturated carbocycles. The molecule has 1 fully saturated rings. The van der Waals surface area contributed by atoms with Crippen molar-refractivity contribution in [3.8, 4) is 6.07 Å². The molecule has 0 aromatic carbocycles. The van der Waals surface area contributed by atoms with Crippen molar-refractivity contribution in [1.82, 2.24) is 14.9 Å². The SMILES string of the molecule is N#CCC(=O)N1CC[C@@H](Nc2nc(Cl)ncc2F)C1. The molecule has 1 saturated heterocycles. The van der Waals surface area contributed by atoms with Crippen molar-refractivity contribution in [2.24, 2.45) is 0 Å². The van der Waals surface area contributed by atoms with Gasteiger partial charge in [0.1, 0.15) is 6.42 Å². The fourth-order valence-electron chi connectivity index (χ4n) is 1.92. The van der Waals surface area contributed by atoms with Crippen LogP contribution in [0.4, 0.5) is 10.2 Å². The molecule has 6 nitrogen and oxygen atoms in total. The molecule has 0 bridgehead atoms. The molecule has 0 aliphatic carbocycles. The summed E-state index contributed by atoms with van der Waals surface area (Å²) < 4.78 is 13.4. The van der Waals surface area contributed by atoms with Crippen LogP contribution in [0.25, 0.3) is 0 Å². The number of aromatic nitrogens is 2. The Balaban J connectivity index is 1.97. The van der Waals surface area contributed by atoms with E-state index in [9.17, 15) is 9.18 Å². The average Bonchev–Trinajstić information content (AvgIpc) is 2.83. The highest BCUT2D eigenvalue weighted by molar-refractivity contribution is 6.28. The minimum atomic E-state index is -0.591. The molecule has 1 aromatic heterocycles. The molecule has 1 atom stereocenters. The van der Waals surface area contributed by atoms with E-state index in [1.165, 1.54) is 0 Å². The zero-order valence-corrected chi connectivity index (χ0v) is 10.7. The number of hydrogen-bond donors (Lipinski definition) is 1. The summed E-state index contributed by atoms with van der Waals surface area (Å²) in [5.41, 5.74) is 0. The smallest absolute Gasteiger partial charge is 0.236 e. The Morgan fingerprint density at radius 2 is 2.53 bits per heavy atom. The number of carbonyl (C=O) groups is 1. The summed E-state index contributed by atoms with van der Waals surface area (Å²) in [4.78, 5) is 20.4. The molecule has 0 spiro atoms. The van der Waals surface area contributed by atoms with E-state index >= 15 is 0 Å². The van der Waals surface area contributed by atoms with Crippen LogP contribution < -0.4 is 5.32 Å². The lowest BCUT2D eigenvalue weighted by molar-refractivity contribution is -0.129. The van der Waals surface area contributed by atoms with E-state index in [4.69, 9.17) is 16.9 Å². The van der Waals surface area contributed by atoms with Crippen LogP contribution in [-0.2, 0) is 4.79 Å². The number of nitrogens with one attached hydrogen (secondary N) is 1.